The fourth-order valence-electron chi connectivity index (χ4n) is 3.49. The fraction of sp³-hybridized carbons (Fsp3) is 0.560. The van der Waals surface area contributed by atoms with Crippen molar-refractivity contribution in [1.29, 1.82) is 0 Å². The second-order valence-corrected chi connectivity index (χ2v) is 8.98. The van der Waals surface area contributed by atoms with Crippen LogP contribution in [0.1, 0.15) is 89.3 Å². The number of alkyl halides is 1. The number of benzene rings is 1. The molecule has 0 saturated heterocycles. The molecule has 2 rings (SSSR count). The molecule has 0 amide bonds. The highest BCUT2D eigenvalue weighted by Gasteiger charge is 2.34. The van der Waals surface area contributed by atoms with Crippen LogP contribution in [0.15, 0.2) is 36.7 Å². The van der Waals surface area contributed by atoms with Crippen molar-refractivity contribution in [2.75, 3.05) is 0 Å². The zero-order valence-electron chi connectivity index (χ0n) is 18.4. The van der Waals surface area contributed by atoms with E-state index in [2.05, 4.69) is 29.0 Å². The Morgan fingerprint density at radius 3 is 1.97 bits per heavy atom. The van der Waals surface area contributed by atoms with Crippen molar-refractivity contribution < 1.29 is 9.90 Å². The van der Waals surface area contributed by atoms with Crippen LogP contribution >= 0.6 is 11.6 Å². The molecule has 0 unspecified atom stereocenters. The zero-order chi connectivity index (χ0) is 21.8. The number of hydrogen-bond acceptors (Lipinski definition) is 3. The molecule has 0 fully saturated rings. The molecular formula is C25H35ClN2O2. The van der Waals surface area contributed by atoms with Gasteiger partial charge in [-0.1, -0.05) is 101 Å². The van der Waals surface area contributed by atoms with E-state index < -0.39 is 10.8 Å². The van der Waals surface area contributed by atoms with Gasteiger partial charge in [-0.15, -0.1) is 0 Å². The third-order valence-electron chi connectivity index (χ3n) is 5.60. The van der Waals surface area contributed by atoms with Crippen LogP contribution in [0, 0.1) is 0 Å². The van der Waals surface area contributed by atoms with E-state index in [-0.39, 0.29) is 5.69 Å². The first-order chi connectivity index (χ1) is 14.4. The zero-order valence-corrected chi connectivity index (χ0v) is 19.1. The van der Waals surface area contributed by atoms with Crippen LogP contribution in [-0.2, 0) is 16.1 Å². The minimum absolute atomic E-state index is 0.234. The van der Waals surface area contributed by atoms with Crippen molar-refractivity contribution in [3.8, 4) is 11.3 Å². The largest absolute Gasteiger partial charge is 0.480 e. The number of rotatable bonds is 14. The van der Waals surface area contributed by atoms with E-state index >= 15 is 0 Å². The van der Waals surface area contributed by atoms with Crippen LogP contribution in [0.25, 0.3) is 11.3 Å². The maximum Gasteiger partial charge on any atom is 0.330 e. The van der Waals surface area contributed by atoms with E-state index in [1.165, 1.54) is 82.9 Å². The Morgan fingerprint density at radius 1 is 0.900 bits per heavy atom. The number of aryl methyl sites for hydroxylation is 1. The summed E-state index contributed by atoms with van der Waals surface area (Å²) < 4.78 is 0. The Balaban J connectivity index is 1.72. The fourth-order valence-corrected chi connectivity index (χ4v) is 3.59. The number of halogens is 1. The number of carboxylic acid groups (broad SMARTS) is 1. The minimum atomic E-state index is -1.57. The Morgan fingerprint density at radius 2 is 1.47 bits per heavy atom. The van der Waals surface area contributed by atoms with Crippen molar-refractivity contribution in [3.05, 3.63) is 47.9 Å². The average molecular weight is 431 g/mol. The van der Waals surface area contributed by atoms with Gasteiger partial charge in [-0.2, -0.15) is 0 Å². The highest BCUT2D eigenvalue weighted by molar-refractivity contribution is 6.33. The smallest absolute Gasteiger partial charge is 0.330 e. The Kier molecular flexibility index (Phi) is 10.3. The maximum atomic E-state index is 11.2. The van der Waals surface area contributed by atoms with Gasteiger partial charge in [0.25, 0.3) is 0 Å². The van der Waals surface area contributed by atoms with Crippen LogP contribution in [0.2, 0.25) is 0 Å². The molecule has 0 aliphatic rings. The Hall–Kier alpha value is -1.94. The van der Waals surface area contributed by atoms with Crippen LogP contribution < -0.4 is 0 Å². The summed E-state index contributed by atoms with van der Waals surface area (Å²) in [4.78, 5) is 18.2. The number of aromatic nitrogens is 2. The monoisotopic (exact) mass is 430 g/mol. The first-order valence-corrected chi connectivity index (χ1v) is 11.7. The summed E-state index contributed by atoms with van der Waals surface area (Å²) in [5, 5.41) is 9.18. The summed E-state index contributed by atoms with van der Waals surface area (Å²) in [6.45, 7) is 3.67. The van der Waals surface area contributed by atoms with Gasteiger partial charge in [-0.05, 0) is 25.3 Å². The predicted molar refractivity (Wildman–Crippen MR) is 124 cm³/mol. The quantitative estimate of drug-likeness (QED) is 0.255. The van der Waals surface area contributed by atoms with E-state index in [0.717, 1.165) is 12.0 Å². The Bertz CT molecular complexity index is 758. The van der Waals surface area contributed by atoms with E-state index in [9.17, 15) is 9.90 Å². The summed E-state index contributed by atoms with van der Waals surface area (Å²) in [6.07, 6.45) is 17.6. The molecule has 1 N–H and O–H groups in total. The summed E-state index contributed by atoms with van der Waals surface area (Å²) in [5.41, 5.74) is 3.25. The lowest BCUT2D eigenvalue weighted by molar-refractivity contribution is -0.140. The molecule has 1 aromatic heterocycles. The number of unbranched alkanes of at least 4 members (excludes halogenated alkanes) is 9. The lowest BCUT2D eigenvalue weighted by atomic mass is 10.0. The van der Waals surface area contributed by atoms with E-state index in [1.807, 2.05) is 12.1 Å². The summed E-state index contributed by atoms with van der Waals surface area (Å²) >= 11 is 6.03. The maximum absolute atomic E-state index is 11.2. The number of carbonyl (C=O) groups is 1. The lowest BCUT2D eigenvalue weighted by Gasteiger charge is -2.15. The van der Waals surface area contributed by atoms with Crippen molar-refractivity contribution in [2.24, 2.45) is 0 Å². The van der Waals surface area contributed by atoms with Crippen LogP contribution in [0.4, 0.5) is 0 Å². The predicted octanol–water partition coefficient (Wildman–Crippen LogP) is 7.15. The van der Waals surface area contributed by atoms with Crippen molar-refractivity contribution in [2.45, 2.75) is 89.4 Å². The van der Waals surface area contributed by atoms with Gasteiger partial charge in [0.15, 0.2) is 4.87 Å². The van der Waals surface area contributed by atoms with Gasteiger partial charge in [-0.25, -0.2) is 4.79 Å². The van der Waals surface area contributed by atoms with E-state index in [4.69, 9.17) is 11.6 Å². The van der Waals surface area contributed by atoms with E-state index in [0.29, 0.717) is 5.69 Å². The van der Waals surface area contributed by atoms with Gasteiger partial charge in [0.05, 0.1) is 23.8 Å². The molecule has 1 aromatic carbocycles. The van der Waals surface area contributed by atoms with Crippen molar-refractivity contribution >= 4 is 17.6 Å². The molecule has 0 saturated carbocycles. The Labute approximate surface area is 186 Å². The first-order valence-electron chi connectivity index (χ1n) is 11.3. The molecule has 30 heavy (non-hydrogen) atoms. The number of aliphatic carboxylic acids is 1. The molecule has 2 aromatic rings. The molecular weight excluding hydrogens is 396 g/mol. The van der Waals surface area contributed by atoms with Crippen LogP contribution in [0.3, 0.4) is 0 Å². The van der Waals surface area contributed by atoms with Gasteiger partial charge in [0.2, 0.25) is 0 Å². The summed E-state index contributed by atoms with van der Waals surface area (Å²) in [5.74, 6) is -1.14. The van der Waals surface area contributed by atoms with Gasteiger partial charge >= 0.3 is 5.97 Å². The number of carboxylic acids is 1. The molecule has 0 aliphatic carbocycles. The van der Waals surface area contributed by atoms with Crippen molar-refractivity contribution in [1.82, 2.24) is 9.97 Å². The van der Waals surface area contributed by atoms with Crippen LogP contribution in [0.5, 0.6) is 0 Å². The van der Waals surface area contributed by atoms with Gasteiger partial charge in [-0.3, -0.25) is 9.97 Å². The molecule has 0 spiro atoms. The number of nitrogens with zero attached hydrogens (tertiary/aromatic N) is 2. The molecule has 1 atom stereocenters. The number of hydrogen-bond donors (Lipinski definition) is 1. The van der Waals surface area contributed by atoms with E-state index in [1.54, 1.807) is 6.20 Å². The molecule has 4 nitrogen and oxygen atoms in total. The average Bonchev–Trinajstić information content (AvgIpc) is 2.75. The lowest BCUT2D eigenvalue weighted by Crippen LogP contribution is -2.27. The molecule has 1 heterocycles. The first kappa shape index (κ1) is 24.3. The molecule has 0 bridgehead atoms. The molecule has 0 radical (unpaired) electrons. The highest BCUT2D eigenvalue weighted by atomic mass is 35.5. The standard InChI is InChI=1S/C25H35ClN2O2/c1-3-4-5-6-7-8-9-10-11-12-13-20-14-16-21(17-15-20)22-18-28-23(19-27-22)25(2,26)24(29)30/h14-19H,3-13H2,1-2H3,(H,29,30)/t25-/m1/s1. The third-order valence-corrected chi connectivity index (χ3v) is 5.96. The van der Waals surface area contributed by atoms with Crippen molar-refractivity contribution in [3.63, 3.8) is 0 Å². The summed E-state index contributed by atoms with van der Waals surface area (Å²) in [7, 11) is 0. The second kappa shape index (κ2) is 12.7. The molecule has 0 aliphatic heterocycles. The third kappa shape index (κ3) is 7.71. The molecule has 5 heteroatoms. The van der Waals surface area contributed by atoms with Gasteiger partial charge < -0.3 is 5.11 Å². The van der Waals surface area contributed by atoms with Gasteiger partial charge in [0.1, 0.15) is 0 Å². The summed E-state index contributed by atoms with van der Waals surface area (Å²) in [6, 6.07) is 8.38. The normalized spacial score (nSPS) is 13.2. The van der Waals surface area contributed by atoms with Crippen LogP contribution in [-0.4, -0.2) is 21.0 Å². The second-order valence-electron chi connectivity index (χ2n) is 8.22. The minimum Gasteiger partial charge on any atom is -0.480 e. The van der Waals surface area contributed by atoms with Gasteiger partial charge in [0, 0.05) is 5.56 Å². The SMILES string of the molecule is CCCCCCCCCCCCc1ccc(-c2cnc([C@@](C)(Cl)C(=O)O)cn2)cc1. The highest BCUT2D eigenvalue weighted by Crippen LogP contribution is 2.27. The topological polar surface area (TPSA) is 63.1 Å². The molecule has 164 valence electrons.